The molecule has 0 bridgehead atoms. The zero-order chi connectivity index (χ0) is 20.2. The first-order chi connectivity index (χ1) is 13.6. The van der Waals surface area contributed by atoms with Gasteiger partial charge in [-0.25, -0.2) is 0 Å². The number of amides is 1. The van der Waals surface area contributed by atoms with Gasteiger partial charge >= 0.3 is 0 Å². The van der Waals surface area contributed by atoms with Crippen molar-refractivity contribution in [1.29, 1.82) is 0 Å². The highest BCUT2D eigenvalue weighted by molar-refractivity contribution is 5.79. The molecule has 0 atom stereocenters. The zero-order valence-electron chi connectivity index (χ0n) is 17.7. The minimum absolute atomic E-state index is 0.306. The molecule has 0 unspecified atom stereocenters. The average Bonchev–Trinajstić information content (AvgIpc) is 2.90. The Morgan fingerprint density at radius 2 is 2.00 bits per heavy atom. The van der Waals surface area contributed by atoms with Crippen LogP contribution in [0, 0.1) is 0 Å². The van der Waals surface area contributed by atoms with Gasteiger partial charge in [-0.3, -0.25) is 9.79 Å². The fourth-order valence-electron chi connectivity index (χ4n) is 3.40. The van der Waals surface area contributed by atoms with Crippen molar-refractivity contribution in [3.63, 3.8) is 0 Å². The quantitative estimate of drug-likeness (QED) is 0.401. The number of ether oxygens (including phenoxy) is 1. The summed E-state index contributed by atoms with van der Waals surface area (Å²) in [6.45, 7) is 8.80. The number of rotatable bonds is 9. The fourth-order valence-corrected chi connectivity index (χ4v) is 3.40. The third-order valence-corrected chi connectivity index (χ3v) is 4.87. The molecule has 1 aliphatic rings. The van der Waals surface area contributed by atoms with Crippen molar-refractivity contribution in [1.82, 2.24) is 15.1 Å². The fraction of sp³-hybridized carbons (Fsp3) is 0.636. The maximum atomic E-state index is 12.1. The summed E-state index contributed by atoms with van der Waals surface area (Å²) in [6.07, 6.45) is 4.94. The zero-order valence-corrected chi connectivity index (χ0v) is 17.7. The van der Waals surface area contributed by atoms with Gasteiger partial charge in [-0.2, -0.15) is 0 Å². The van der Waals surface area contributed by atoms with E-state index in [9.17, 15) is 4.79 Å². The Balaban J connectivity index is 1.84. The van der Waals surface area contributed by atoms with Gasteiger partial charge in [0.1, 0.15) is 5.75 Å². The number of carbonyl (C=O) groups excluding carboxylic acids is 1. The number of nitrogens with zero attached hydrogens (tertiary/aromatic N) is 3. The Morgan fingerprint density at radius 1 is 1.21 bits per heavy atom. The third-order valence-electron chi connectivity index (χ3n) is 4.87. The lowest BCUT2D eigenvalue weighted by molar-refractivity contribution is -0.130. The third kappa shape index (κ3) is 7.41. The van der Waals surface area contributed by atoms with E-state index >= 15 is 0 Å². The topological polar surface area (TPSA) is 57.2 Å². The lowest BCUT2D eigenvalue weighted by Gasteiger charge is -2.23. The molecule has 1 aliphatic heterocycles. The molecule has 1 amide bonds. The number of aliphatic imine (C=N–C) groups is 1. The van der Waals surface area contributed by atoms with Gasteiger partial charge < -0.3 is 19.9 Å². The highest BCUT2D eigenvalue weighted by Gasteiger charge is 2.15. The molecule has 2 rings (SSSR count). The summed E-state index contributed by atoms with van der Waals surface area (Å²) >= 11 is 0. The van der Waals surface area contributed by atoms with E-state index in [-0.39, 0.29) is 0 Å². The van der Waals surface area contributed by atoms with Gasteiger partial charge in [0.25, 0.3) is 0 Å². The number of likely N-dealkylation sites (tertiary alicyclic amines) is 1. The van der Waals surface area contributed by atoms with Crippen LogP contribution in [0.25, 0.3) is 0 Å². The van der Waals surface area contributed by atoms with Crippen LogP contribution >= 0.6 is 0 Å². The smallest absolute Gasteiger partial charge is 0.222 e. The molecule has 1 aromatic carbocycles. The molecule has 0 aromatic heterocycles. The van der Waals surface area contributed by atoms with E-state index in [1.807, 2.05) is 24.0 Å². The predicted octanol–water partition coefficient (Wildman–Crippen LogP) is 3.28. The first kappa shape index (κ1) is 22.1. The van der Waals surface area contributed by atoms with Crippen LogP contribution in [-0.2, 0) is 11.3 Å². The summed E-state index contributed by atoms with van der Waals surface area (Å²) < 4.78 is 5.51. The molecule has 28 heavy (non-hydrogen) atoms. The molecule has 1 aromatic rings. The molecule has 1 fully saturated rings. The van der Waals surface area contributed by atoms with Crippen LogP contribution in [0.3, 0.4) is 0 Å². The lowest BCUT2D eigenvalue weighted by atomic mass is 10.2. The molecule has 6 heteroatoms. The summed E-state index contributed by atoms with van der Waals surface area (Å²) in [5.41, 5.74) is 1.21. The normalized spacial score (nSPS) is 15.3. The van der Waals surface area contributed by atoms with Crippen molar-refractivity contribution in [3.8, 4) is 5.75 Å². The highest BCUT2D eigenvalue weighted by atomic mass is 16.5. The van der Waals surface area contributed by atoms with Crippen LogP contribution in [0.15, 0.2) is 29.3 Å². The van der Waals surface area contributed by atoms with Crippen LogP contribution in [0.1, 0.15) is 51.5 Å². The molecule has 1 heterocycles. The largest absolute Gasteiger partial charge is 0.494 e. The SMILES string of the molecule is CCNC(=NCCCN1CCCCCC1=O)N(C)Cc1ccc(OCC)cc1. The molecule has 0 radical (unpaired) electrons. The standard InChI is InChI=1S/C22H36N4O2/c1-4-23-22(24-15-9-17-26-16-8-6-7-10-21(26)27)25(3)18-19-11-13-20(14-12-19)28-5-2/h11-14H,4-10,15-18H2,1-3H3,(H,23,24). The van der Waals surface area contributed by atoms with E-state index in [4.69, 9.17) is 9.73 Å². The van der Waals surface area contributed by atoms with Crippen molar-refractivity contribution < 1.29 is 9.53 Å². The molecular weight excluding hydrogens is 352 g/mol. The van der Waals surface area contributed by atoms with Gasteiger partial charge in [-0.15, -0.1) is 0 Å². The second-order valence-corrected chi connectivity index (χ2v) is 7.21. The maximum Gasteiger partial charge on any atom is 0.222 e. The van der Waals surface area contributed by atoms with Gasteiger partial charge in [0.05, 0.1) is 6.61 Å². The number of nitrogens with one attached hydrogen (secondary N) is 1. The van der Waals surface area contributed by atoms with Crippen molar-refractivity contribution in [2.75, 3.05) is 39.8 Å². The Labute approximate surface area is 170 Å². The van der Waals surface area contributed by atoms with E-state index in [1.165, 1.54) is 12.0 Å². The summed E-state index contributed by atoms with van der Waals surface area (Å²) in [6, 6.07) is 8.20. The molecule has 0 saturated carbocycles. The van der Waals surface area contributed by atoms with Gasteiger partial charge in [0, 0.05) is 46.2 Å². The van der Waals surface area contributed by atoms with E-state index in [2.05, 4.69) is 36.3 Å². The molecule has 1 N–H and O–H groups in total. The predicted molar refractivity (Wildman–Crippen MR) is 115 cm³/mol. The number of guanidine groups is 1. The molecule has 0 spiro atoms. The van der Waals surface area contributed by atoms with Crippen LogP contribution in [0.4, 0.5) is 0 Å². The summed E-state index contributed by atoms with van der Waals surface area (Å²) in [7, 11) is 2.05. The first-order valence-corrected chi connectivity index (χ1v) is 10.6. The van der Waals surface area contributed by atoms with Crippen molar-refractivity contribution in [3.05, 3.63) is 29.8 Å². The minimum Gasteiger partial charge on any atom is -0.494 e. The molecule has 156 valence electrons. The lowest BCUT2D eigenvalue weighted by Crippen LogP contribution is -2.38. The van der Waals surface area contributed by atoms with E-state index < -0.39 is 0 Å². The van der Waals surface area contributed by atoms with Gasteiger partial charge in [0.2, 0.25) is 5.91 Å². The van der Waals surface area contributed by atoms with Crippen LogP contribution in [-0.4, -0.2) is 61.5 Å². The number of hydrogen-bond acceptors (Lipinski definition) is 3. The first-order valence-electron chi connectivity index (χ1n) is 10.6. The van der Waals surface area contributed by atoms with E-state index in [1.54, 1.807) is 0 Å². The average molecular weight is 389 g/mol. The minimum atomic E-state index is 0.306. The van der Waals surface area contributed by atoms with Gasteiger partial charge in [-0.05, 0) is 50.8 Å². The van der Waals surface area contributed by atoms with Crippen LogP contribution in [0.2, 0.25) is 0 Å². The molecule has 6 nitrogen and oxygen atoms in total. The number of hydrogen-bond donors (Lipinski definition) is 1. The Bertz CT molecular complexity index is 615. The van der Waals surface area contributed by atoms with Crippen molar-refractivity contribution >= 4 is 11.9 Å². The number of carbonyl (C=O) groups is 1. The summed E-state index contributed by atoms with van der Waals surface area (Å²) in [4.78, 5) is 21.0. The Kier molecular flexibility index (Phi) is 9.66. The van der Waals surface area contributed by atoms with Gasteiger partial charge in [-0.1, -0.05) is 18.6 Å². The molecular formula is C22H36N4O2. The number of benzene rings is 1. The van der Waals surface area contributed by atoms with E-state index in [0.717, 1.165) is 63.7 Å². The van der Waals surface area contributed by atoms with Crippen molar-refractivity contribution in [2.45, 2.75) is 52.5 Å². The molecule has 0 aliphatic carbocycles. The monoisotopic (exact) mass is 388 g/mol. The highest BCUT2D eigenvalue weighted by Crippen LogP contribution is 2.14. The van der Waals surface area contributed by atoms with E-state index in [0.29, 0.717) is 18.9 Å². The van der Waals surface area contributed by atoms with Crippen molar-refractivity contribution in [2.24, 2.45) is 4.99 Å². The Morgan fingerprint density at radius 3 is 2.71 bits per heavy atom. The maximum absolute atomic E-state index is 12.1. The summed E-state index contributed by atoms with van der Waals surface area (Å²) in [5.74, 6) is 2.11. The second-order valence-electron chi connectivity index (χ2n) is 7.21. The Hall–Kier alpha value is -2.24. The van der Waals surface area contributed by atoms with Crippen LogP contribution < -0.4 is 10.1 Å². The summed E-state index contributed by atoms with van der Waals surface area (Å²) in [5, 5.41) is 3.36. The second kappa shape index (κ2) is 12.3. The van der Waals surface area contributed by atoms with Crippen LogP contribution in [0.5, 0.6) is 5.75 Å². The van der Waals surface area contributed by atoms with Gasteiger partial charge in [0.15, 0.2) is 5.96 Å². The molecule has 1 saturated heterocycles.